The van der Waals surface area contributed by atoms with Crippen molar-refractivity contribution < 1.29 is 71.5 Å². The highest BCUT2D eigenvalue weighted by molar-refractivity contribution is 7.11. The smallest absolute Gasteiger partial charge is 0.416 e. The second kappa shape index (κ2) is 35.0. The highest BCUT2D eigenvalue weighted by atomic mass is 35.5. The van der Waals surface area contributed by atoms with E-state index >= 15 is 0 Å². The maximum Gasteiger partial charge on any atom is 0.416 e. The molecule has 0 spiro atoms. The second-order valence-electron chi connectivity index (χ2n) is 22.4. The van der Waals surface area contributed by atoms with E-state index in [0.29, 0.717) is 55.4 Å². The summed E-state index contributed by atoms with van der Waals surface area (Å²) in [5.41, 5.74) is 8.82. The number of nitrogen functional groups attached to an aromatic ring is 1. The fraction of sp³-hybridized carbons (Fsp3) is 0.113. The number of aromatic nitrogens is 8. The van der Waals surface area contributed by atoms with Crippen molar-refractivity contribution in [1.29, 1.82) is 21.6 Å². The zero-order valence-corrected chi connectivity index (χ0v) is 57.4. The fourth-order valence-corrected chi connectivity index (χ4v) is 10.8. The number of anilines is 4. The molecular formula is C71H54Cl2F12N18O4S. The monoisotopic (exact) mass is 1550 g/mol. The van der Waals surface area contributed by atoms with Gasteiger partial charge in [0.2, 0.25) is 5.76 Å². The Morgan fingerprint density at radius 3 is 1.33 bits per heavy atom. The van der Waals surface area contributed by atoms with Crippen molar-refractivity contribution in [3.63, 3.8) is 0 Å². The Balaban J connectivity index is 0.000000167. The van der Waals surface area contributed by atoms with Crippen molar-refractivity contribution in [2.24, 2.45) is 5.73 Å². The van der Waals surface area contributed by atoms with Crippen molar-refractivity contribution in [2.45, 2.75) is 50.9 Å². The maximum atomic E-state index is 12.7. The number of hydrogen-bond acceptors (Lipinski definition) is 17. The van der Waals surface area contributed by atoms with Crippen LogP contribution >= 0.6 is 34.5 Å². The third-order valence-corrected chi connectivity index (χ3v) is 16.4. The number of para-hydroxylation sites is 2. The molecule has 0 saturated carbocycles. The Labute approximate surface area is 616 Å². The van der Waals surface area contributed by atoms with Crippen LogP contribution in [-0.4, -0.2) is 80.8 Å². The summed E-state index contributed by atoms with van der Waals surface area (Å²) in [4.78, 5) is 52.4. The Kier molecular flexibility index (Phi) is 25.7. The standard InChI is InChI=1S/C19H16ClF3N6O.C19H13F3N4O2.C19H13F3N4OS.C14H12ClF3N4/c20-13-9-27-10-15(16(13)17(26)29-18(30)14(25)2-1-7-24)28-8-11-3-5-12(6-4-11)19(21,22)23;2*20-19(21,22)13-7-5-12(6-8-13)10-26-15-4-2-1-3-14(15)17(25-26)24-18(27)16-9-23-11-28-16;15-10-6-21-7-11(12(10)13(19)20)22-5-8-1-3-9(4-2-8)14(16,17)18/h1-7,9-10,24-25,28H,8H2,(H2,26,29,30);2*1-9,11H,10H2,(H,24,25,27);1-4,6-7,22H,5H2,(H3,19,20)/b2-1-,24-7?,25-14?;;;. The van der Waals surface area contributed by atoms with Gasteiger partial charge in [-0.3, -0.25) is 54.9 Å². The number of amidine groups is 2. The van der Waals surface area contributed by atoms with Crippen molar-refractivity contribution >= 4 is 121 Å². The lowest BCUT2D eigenvalue weighted by Gasteiger charge is -2.15. The van der Waals surface area contributed by atoms with E-state index in [1.54, 1.807) is 27.0 Å². The summed E-state index contributed by atoms with van der Waals surface area (Å²) in [6.45, 7) is 0.888. The maximum absolute atomic E-state index is 12.7. The average Bonchev–Trinajstić information content (AvgIpc) is 1.65. The minimum absolute atomic E-state index is 0.0429. The summed E-state index contributed by atoms with van der Waals surface area (Å²) in [6.07, 6.45) is -5.02. The highest BCUT2D eigenvalue weighted by Crippen LogP contribution is 2.35. The molecule has 108 heavy (non-hydrogen) atoms. The third-order valence-electron chi connectivity index (χ3n) is 15.0. The summed E-state index contributed by atoms with van der Waals surface area (Å²) in [7, 11) is 0. The Bertz CT molecular complexity index is 5030. The molecule has 12 rings (SSSR count). The van der Waals surface area contributed by atoms with Gasteiger partial charge in [-0.05, 0) is 107 Å². The molecule has 0 aliphatic heterocycles. The normalized spacial score (nSPS) is 11.5. The van der Waals surface area contributed by atoms with Crippen LogP contribution in [0.15, 0.2) is 211 Å². The summed E-state index contributed by atoms with van der Waals surface area (Å²) in [6, 6.07) is 33.7. The molecule has 0 radical (unpaired) electrons. The first-order valence-electron chi connectivity index (χ1n) is 31.0. The Hall–Kier alpha value is -12.6. The van der Waals surface area contributed by atoms with Crippen LogP contribution in [0.4, 0.5) is 75.7 Å². The number of alkyl halides is 12. The zero-order chi connectivity index (χ0) is 78.1. The van der Waals surface area contributed by atoms with Crippen molar-refractivity contribution in [1.82, 2.24) is 44.8 Å². The number of nitrogens with two attached hydrogens (primary N) is 1. The molecule has 37 heteroatoms. The summed E-state index contributed by atoms with van der Waals surface area (Å²) in [5.74, 6) is -1.54. The molecule has 6 heterocycles. The van der Waals surface area contributed by atoms with E-state index in [-0.39, 0.29) is 65.0 Å². The second-order valence-corrected chi connectivity index (χ2v) is 24.1. The molecule has 11 N–H and O–H groups in total. The van der Waals surface area contributed by atoms with Crippen LogP contribution in [0.25, 0.3) is 21.8 Å². The number of nitrogens with zero attached hydrogens (tertiary/aromatic N) is 8. The number of oxazole rings is 1. The van der Waals surface area contributed by atoms with Crippen LogP contribution in [0, 0.1) is 21.6 Å². The summed E-state index contributed by atoms with van der Waals surface area (Å²) in [5, 5.41) is 54.2. The topological polar surface area (TPSA) is 333 Å². The van der Waals surface area contributed by atoms with E-state index in [2.05, 4.69) is 56.7 Å². The van der Waals surface area contributed by atoms with Crippen LogP contribution in [0.3, 0.4) is 0 Å². The van der Waals surface area contributed by atoms with Gasteiger partial charge in [0.1, 0.15) is 22.3 Å². The predicted molar refractivity (Wildman–Crippen MR) is 383 cm³/mol. The quantitative estimate of drug-likeness (QED) is 0.0205. The zero-order valence-electron chi connectivity index (χ0n) is 55.0. The molecule has 0 unspecified atom stereocenters. The molecule has 0 aliphatic rings. The number of amides is 3. The number of fused-ring (bicyclic) bond motifs is 2. The number of nitrogens with one attached hydrogen (secondary N) is 9. The van der Waals surface area contributed by atoms with E-state index in [0.717, 1.165) is 83.6 Å². The largest absolute Gasteiger partial charge is 0.438 e. The first kappa shape index (κ1) is 79.5. The summed E-state index contributed by atoms with van der Waals surface area (Å²) < 4.78 is 160. The average molecular weight is 1550 g/mol. The first-order valence-corrected chi connectivity index (χ1v) is 32.6. The lowest BCUT2D eigenvalue weighted by Crippen LogP contribution is -2.35. The number of halogens is 14. The number of pyridine rings is 2. The van der Waals surface area contributed by atoms with Crippen LogP contribution in [0.5, 0.6) is 0 Å². The molecule has 22 nitrogen and oxygen atoms in total. The number of thiazole rings is 1. The molecule has 0 saturated heterocycles. The van der Waals surface area contributed by atoms with E-state index in [1.807, 2.05) is 36.4 Å². The van der Waals surface area contributed by atoms with Crippen molar-refractivity contribution in [3.8, 4) is 0 Å². The van der Waals surface area contributed by atoms with Gasteiger partial charge >= 0.3 is 24.7 Å². The van der Waals surface area contributed by atoms with E-state index in [4.69, 9.17) is 55.0 Å². The minimum Gasteiger partial charge on any atom is -0.438 e. The number of allylic oxidation sites excluding steroid dienone is 1. The molecule has 0 atom stereocenters. The van der Waals surface area contributed by atoms with Gasteiger partial charge in [-0.15, -0.1) is 11.3 Å². The molecule has 0 fully saturated rings. The van der Waals surface area contributed by atoms with Gasteiger partial charge in [-0.1, -0.05) is 96.0 Å². The molecule has 0 bridgehead atoms. The van der Waals surface area contributed by atoms with Gasteiger partial charge in [-0.25, -0.2) is 4.98 Å². The van der Waals surface area contributed by atoms with Crippen molar-refractivity contribution in [2.75, 3.05) is 21.3 Å². The minimum atomic E-state index is -4.43. The summed E-state index contributed by atoms with van der Waals surface area (Å²) >= 11 is 13.3. The van der Waals surface area contributed by atoms with Crippen LogP contribution in [-0.2, 0) is 55.7 Å². The van der Waals surface area contributed by atoms with Gasteiger partial charge < -0.3 is 42.1 Å². The molecular weight excluding hydrogens is 1500 g/mol. The van der Waals surface area contributed by atoms with Gasteiger partial charge in [0.05, 0.1) is 109 Å². The number of carbonyl (C=O) groups is 3. The fourth-order valence-electron chi connectivity index (χ4n) is 9.77. The lowest BCUT2D eigenvalue weighted by atomic mass is 10.1. The number of benzene rings is 6. The van der Waals surface area contributed by atoms with Gasteiger partial charge in [0, 0.05) is 42.5 Å². The van der Waals surface area contributed by atoms with Crippen molar-refractivity contribution in [3.05, 3.63) is 283 Å². The Morgan fingerprint density at radius 2 is 0.935 bits per heavy atom. The van der Waals surface area contributed by atoms with Gasteiger partial charge in [0.25, 0.3) is 17.7 Å². The molecule has 6 aromatic heterocycles. The molecule has 12 aromatic rings. The van der Waals surface area contributed by atoms with Crippen LogP contribution in [0.2, 0.25) is 10.0 Å². The predicted octanol–water partition coefficient (Wildman–Crippen LogP) is 16.8. The molecule has 3 amide bonds. The lowest BCUT2D eigenvalue weighted by molar-refractivity contribution is -0.138. The SMILES string of the molecule is N=C(N)c1c(Cl)cncc1NCc1ccc(C(F)(F)F)cc1.N=C/C=C\C(=N)C(=O)NC(=N)c1c(Cl)cncc1NCc1ccc(C(F)(F)F)cc1.O=C(Nc1nn(Cc2ccc(C(F)(F)F)cc2)c2ccccc12)c1cnco1.O=C(Nc1nn(Cc2ccc(C(F)(F)F)cc2)c2ccccc12)c1cncs1. The van der Waals surface area contributed by atoms with Crippen LogP contribution in [0.1, 0.15) is 75.9 Å². The number of carbonyl (C=O) groups excluding carboxylic acids is 3. The Morgan fingerprint density at radius 1 is 0.519 bits per heavy atom. The van der Waals surface area contributed by atoms with Crippen LogP contribution < -0.4 is 32.3 Å². The van der Waals surface area contributed by atoms with E-state index < -0.39 is 70.3 Å². The molecule has 556 valence electrons. The third kappa shape index (κ3) is 21.3. The first-order chi connectivity index (χ1) is 51.2. The number of rotatable bonds is 19. The van der Waals surface area contributed by atoms with Gasteiger partial charge in [-0.2, -0.15) is 62.9 Å². The van der Waals surface area contributed by atoms with E-state index in [1.165, 1.54) is 103 Å². The number of hydrogen-bond donors (Lipinski definition) is 10. The molecule has 0 aliphatic carbocycles. The van der Waals surface area contributed by atoms with E-state index in [9.17, 15) is 67.1 Å². The highest BCUT2D eigenvalue weighted by Gasteiger charge is 2.33. The van der Waals surface area contributed by atoms with Gasteiger partial charge in [0.15, 0.2) is 18.0 Å². The molecule has 6 aromatic carbocycles.